The summed E-state index contributed by atoms with van der Waals surface area (Å²) in [6, 6.07) is 15.2. The Kier molecular flexibility index (Phi) is 6.56. The van der Waals surface area contributed by atoms with Gasteiger partial charge in [0.1, 0.15) is 12.4 Å². The highest BCUT2D eigenvalue weighted by atomic mass is 32.2. The summed E-state index contributed by atoms with van der Waals surface area (Å²) in [6.45, 7) is 1.35. The zero-order chi connectivity index (χ0) is 21.6. The van der Waals surface area contributed by atoms with Crippen LogP contribution in [0.25, 0.3) is 0 Å². The second-order valence-electron chi connectivity index (χ2n) is 7.03. The molecule has 162 valence electrons. The van der Waals surface area contributed by atoms with Crippen LogP contribution in [0.1, 0.15) is 5.56 Å². The van der Waals surface area contributed by atoms with Crippen LogP contribution >= 0.6 is 11.8 Å². The molecule has 1 amide bonds. The molecule has 0 spiro atoms. The Morgan fingerprint density at radius 3 is 2.77 bits per heavy atom. The third-order valence-electron chi connectivity index (χ3n) is 4.79. The van der Waals surface area contributed by atoms with Gasteiger partial charge in [-0.25, -0.2) is 4.68 Å². The Hall–Kier alpha value is -3.27. The third kappa shape index (κ3) is 5.26. The predicted molar refractivity (Wildman–Crippen MR) is 115 cm³/mol. The first-order valence-electron chi connectivity index (χ1n) is 9.76. The normalized spacial score (nSPS) is 14.8. The molecule has 1 aromatic heterocycles. The van der Waals surface area contributed by atoms with Gasteiger partial charge in [0.25, 0.3) is 0 Å². The number of benzene rings is 2. The summed E-state index contributed by atoms with van der Waals surface area (Å²) in [7, 11) is 3.39. The van der Waals surface area contributed by atoms with Crippen molar-refractivity contribution in [1.82, 2.24) is 25.1 Å². The molecule has 0 fully saturated rings. The number of tetrazole rings is 1. The third-order valence-corrected chi connectivity index (χ3v) is 5.73. The summed E-state index contributed by atoms with van der Waals surface area (Å²) >= 11 is 1.31. The van der Waals surface area contributed by atoms with E-state index in [1.807, 2.05) is 48.5 Å². The molecule has 0 bridgehead atoms. The highest BCUT2D eigenvalue weighted by Gasteiger charge is 2.24. The Balaban J connectivity index is 1.28. The standard InChI is InChI=1S/C21H23N5O4S/c1-25(12-17-13-29-18-5-3-4-6-19(18)30-17)20(27)14-31-21-22-23-24-26(21)11-15-7-9-16(28-2)10-8-15/h3-10,17H,11-14H2,1-2H3/t17-/m1/s1. The van der Waals surface area contributed by atoms with Crippen molar-refractivity contribution in [3.63, 3.8) is 0 Å². The minimum atomic E-state index is -0.214. The molecule has 1 atom stereocenters. The zero-order valence-corrected chi connectivity index (χ0v) is 18.1. The van der Waals surface area contributed by atoms with E-state index in [4.69, 9.17) is 14.2 Å². The monoisotopic (exact) mass is 441 g/mol. The van der Waals surface area contributed by atoms with Crippen LogP contribution in [0.2, 0.25) is 0 Å². The molecule has 1 aliphatic rings. The van der Waals surface area contributed by atoms with Gasteiger partial charge in [0, 0.05) is 7.05 Å². The number of hydrogen-bond donors (Lipinski definition) is 0. The maximum Gasteiger partial charge on any atom is 0.232 e. The van der Waals surface area contributed by atoms with Gasteiger partial charge in [0.15, 0.2) is 17.6 Å². The van der Waals surface area contributed by atoms with E-state index in [0.717, 1.165) is 17.1 Å². The number of fused-ring (bicyclic) bond motifs is 1. The lowest BCUT2D eigenvalue weighted by molar-refractivity contribution is -0.128. The number of nitrogens with zero attached hydrogens (tertiary/aromatic N) is 5. The number of para-hydroxylation sites is 2. The lowest BCUT2D eigenvalue weighted by atomic mass is 10.2. The number of ether oxygens (including phenoxy) is 3. The van der Waals surface area contributed by atoms with Crippen LogP contribution in [-0.4, -0.2) is 70.2 Å². The maximum atomic E-state index is 12.6. The SMILES string of the molecule is COc1ccc(Cn2nnnc2SCC(=O)N(C)C[C@@H]2COc3ccccc3O2)cc1. The van der Waals surface area contributed by atoms with Crippen molar-refractivity contribution in [3.05, 3.63) is 54.1 Å². The quantitative estimate of drug-likeness (QED) is 0.491. The Bertz CT molecular complexity index is 1030. The van der Waals surface area contributed by atoms with E-state index in [1.54, 1.807) is 23.7 Å². The van der Waals surface area contributed by atoms with Crippen molar-refractivity contribution in [2.45, 2.75) is 17.8 Å². The van der Waals surface area contributed by atoms with E-state index in [0.29, 0.717) is 30.6 Å². The summed E-state index contributed by atoms with van der Waals surface area (Å²) in [5.41, 5.74) is 1.04. The number of methoxy groups -OCH3 is 1. The molecule has 0 aliphatic carbocycles. The van der Waals surface area contributed by atoms with E-state index >= 15 is 0 Å². The number of likely N-dealkylation sites (N-methyl/N-ethyl adjacent to an activating group) is 1. The maximum absolute atomic E-state index is 12.6. The second kappa shape index (κ2) is 9.69. The fourth-order valence-electron chi connectivity index (χ4n) is 3.10. The van der Waals surface area contributed by atoms with Crippen molar-refractivity contribution in [1.29, 1.82) is 0 Å². The van der Waals surface area contributed by atoms with Crippen molar-refractivity contribution >= 4 is 17.7 Å². The largest absolute Gasteiger partial charge is 0.497 e. The minimum absolute atomic E-state index is 0.0357. The Morgan fingerprint density at radius 1 is 1.23 bits per heavy atom. The van der Waals surface area contributed by atoms with E-state index < -0.39 is 0 Å². The van der Waals surface area contributed by atoms with Crippen LogP contribution in [0.15, 0.2) is 53.7 Å². The van der Waals surface area contributed by atoms with Crippen LogP contribution in [0, 0.1) is 0 Å². The van der Waals surface area contributed by atoms with Gasteiger partial charge < -0.3 is 19.1 Å². The van der Waals surface area contributed by atoms with Gasteiger partial charge in [-0.15, -0.1) is 5.10 Å². The van der Waals surface area contributed by atoms with Crippen LogP contribution in [0.3, 0.4) is 0 Å². The molecule has 1 aliphatic heterocycles. The number of amides is 1. The van der Waals surface area contributed by atoms with E-state index in [9.17, 15) is 4.79 Å². The molecule has 0 saturated heterocycles. The summed E-state index contributed by atoms with van der Waals surface area (Å²) in [4.78, 5) is 14.3. The van der Waals surface area contributed by atoms with Crippen molar-refractivity contribution in [3.8, 4) is 17.2 Å². The molecule has 0 N–H and O–H groups in total. The van der Waals surface area contributed by atoms with E-state index in [-0.39, 0.29) is 17.8 Å². The Labute approximate surface area is 184 Å². The van der Waals surface area contributed by atoms with Crippen molar-refractivity contribution in [2.75, 3.05) is 33.1 Å². The first kappa shape index (κ1) is 21.0. The van der Waals surface area contributed by atoms with E-state index in [2.05, 4.69) is 15.5 Å². The van der Waals surface area contributed by atoms with Gasteiger partial charge in [-0.1, -0.05) is 36.0 Å². The smallest absolute Gasteiger partial charge is 0.232 e. The minimum Gasteiger partial charge on any atom is -0.497 e. The summed E-state index contributed by atoms with van der Waals surface area (Å²) in [6.07, 6.45) is -0.214. The average molecular weight is 442 g/mol. The molecule has 10 heteroatoms. The predicted octanol–water partition coefficient (Wildman–Crippen LogP) is 2.12. The summed E-state index contributed by atoms with van der Waals surface area (Å²) in [5.74, 6) is 2.41. The second-order valence-corrected chi connectivity index (χ2v) is 7.97. The number of carbonyl (C=O) groups is 1. The molecule has 0 unspecified atom stereocenters. The number of carbonyl (C=O) groups excluding carboxylic acids is 1. The molecule has 4 rings (SSSR count). The van der Waals surface area contributed by atoms with E-state index in [1.165, 1.54) is 11.8 Å². The number of rotatable bonds is 8. The molecule has 9 nitrogen and oxygen atoms in total. The summed E-state index contributed by atoms with van der Waals surface area (Å²) in [5, 5.41) is 12.4. The molecule has 31 heavy (non-hydrogen) atoms. The molecule has 0 radical (unpaired) electrons. The fourth-order valence-corrected chi connectivity index (χ4v) is 3.92. The highest BCUT2D eigenvalue weighted by Crippen LogP contribution is 2.31. The number of thioether (sulfide) groups is 1. The topological polar surface area (TPSA) is 91.6 Å². The lowest BCUT2D eigenvalue weighted by Crippen LogP contribution is -2.42. The van der Waals surface area contributed by atoms with Crippen LogP contribution < -0.4 is 14.2 Å². The first-order chi connectivity index (χ1) is 15.1. The summed E-state index contributed by atoms with van der Waals surface area (Å²) < 4.78 is 18.5. The van der Waals surface area contributed by atoms with Gasteiger partial charge in [0.2, 0.25) is 11.1 Å². The van der Waals surface area contributed by atoms with Crippen LogP contribution in [-0.2, 0) is 11.3 Å². The molecule has 2 aromatic carbocycles. The number of aromatic nitrogens is 4. The molecular formula is C21H23N5O4S. The molecule has 2 heterocycles. The Morgan fingerprint density at radius 2 is 2.00 bits per heavy atom. The highest BCUT2D eigenvalue weighted by molar-refractivity contribution is 7.99. The lowest BCUT2D eigenvalue weighted by Gasteiger charge is -2.29. The number of hydrogen-bond acceptors (Lipinski definition) is 8. The van der Waals surface area contributed by atoms with Crippen LogP contribution in [0.5, 0.6) is 17.2 Å². The fraction of sp³-hybridized carbons (Fsp3) is 0.333. The van der Waals surface area contributed by atoms with Gasteiger partial charge in [-0.2, -0.15) is 0 Å². The van der Waals surface area contributed by atoms with Gasteiger partial charge in [-0.05, 0) is 40.3 Å². The van der Waals surface area contributed by atoms with Gasteiger partial charge >= 0.3 is 0 Å². The van der Waals surface area contributed by atoms with Crippen molar-refractivity contribution < 1.29 is 19.0 Å². The molecular weight excluding hydrogens is 418 g/mol. The molecule has 3 aromatic rings. The zero-order valence-electron chi connectivity index (χ0n) is 17.3. The van der Waals surface area contributed by atoms with Gasteiger partial charge in [-0.3, -0.25) is 4.79 Å². The van der Waals surface area contributed by atoms with Crippen molar-refractivity contribution in [2.24, 2.45) is 0 Å². The molecule has 0 saturated carbocycles. The van der Waals surface area contributed by atoms with Crippen LogP contribution in [0.4, 0.5) is 0 Å². The first-order valence-corrected chi connectivity index (χ1v) is 10.8. The average Bonchev–Trinajstić information content (AvgIpc) is 3.24. The van der Waals surface area contributed by atoms with Gasteiger partial charge in [0.05, 0.1) is 26.0 Å².